The lowest BCUT2D eigenvalue weighted by atomic mass is 10.0. The average molecular weight is 1140 g/mol. The number of hydrogen-bond acceptors (Lipinski definition) is 8. The van der Waals surface area contributed by atoms with E-state index >= 15 is 0 Å². The number of phosphoric ester groups is 1. The van der Waals surface area contributed by atoms with Crippen LogP contribution in [0.25, 0.3) is 0 Å². The molecule has 0 aliphatic rings. The molecule has 468 valence electrons. The summed E-state index contributed by atoms with van der Waals surface area (Å²) >= 11 is 0. The number of unbranched alkanes of at least 4 members (excludes halogenated alkanes) is 47. The number of likely N-dealkylation sites (N-methyl/N-ethyl adjacent to an activating group) is 1. The molecule has 0 heterocycles. The zero-order chi connectivity index (χ0) is 57.7. The van der Waals surface area contributed by atoms with Crippen molar-refractivity contribution in [2.24, 2.45) is 0 Å². The number of esters is 2. The lowest BCUT2D eigenvalue weighted by Gasteiger charge is -2.28. The van der Waals surface area contributed by atoms with E-state index in [4.69, 9.17) is 18.5 Å². The molecule has 0 aliphatic carbocycles. The molecule has 0 radical (unpaired) electrons. The van der Waals surface area contributed by atoms with Crippen LogP contribution in [0, 0.1) is 0 Å². The fourth-order valence-electron chi connectivity index (χ4n) is 10.4. The Morgan fingerprint density at radius 1 is 0.392 bits per heavy atom. The molecule has 0 aromatic rings. The minimum Gasteiger partial charge on any atom is -0.756 e. The number of hydrogen-bond donors (Lipinski definition) is 0. The van der Waals surface area contributed by atoms with Gasteiger partial charge in [0.25, 0.3) is 7.82 Å². The van der Waals surface area contributed by atoms with E-state index in [1.54, 1.807) is 0 Å². The maximum atomic E-state index is 12.8. The first-order chi connectivity index (χ1) is 38.5. The molecule has 0 N–H and O–H groups in total. The molecule has 10 heteroatoms. The number of nitrogens with zero attached hydrogens (tertiary/aromatic N) is 1. The molecule has 0 aromatic carbocycles. The van der Waals surface area contributed by atoms with E-state index in [1.165, 1.54) is 283 Å². The lowest BCUT2D eigenvalue weighted by Crippen LogP contribution is -2.37. The fourth-order valence-corrected chi connectivity index (χ4v) is 11.1. The van der Waals surface area contributed by atoms with Gasteiger partial charge in [-0.3, -0.25) is 14.2 Å². The van der Waals surface area contributed by atoms with E-state index < -0.39 is 26.5 Å². The highest BCUT2D eigenvalue weighted by molar-refractivity contribution is 7.45. The smallest absolute Gasteiger partial charge is 0.306 e. The first-order valence-corrected chi connectivity index (χ1v) is 36.0. The van der Waals surface area contributed by atoms with E-state index in [9.17, 15) is 19.0 Å². The van der Waals surface area contributed by atoms with Gasteiger partial charge in [0.1, 0.15) is 19.8 Å². The molecule has 0 saturated carbocycles. The minimum absolute atomic E-state index is 0.0262. The SMILES string of the molecule is CCCCCCC/C=C\C/C=C\CCCCCCCCCCCCCCCCCCCCCCCCCCCCCC(=O)OC(COC(=O)CCCCCCCCCCCCCCCCCC)COP(=O)([O-])OCC[N+](C)(C)C. The van der Waals surface area contributed by atoms with Crippen molar-refractivity contribution in [3.8, 4) is 0 Å². The van der Waals surface area contributed by atoms with Crippen LogP contribution in [0.15, 0.2) is 24.3 Å². The van der Waals surface area contributed by atoms with Gasteiger partial charge in [0.2, 0.25) is 0 Å². The van der Waals surface area contributed by atoms with Gasteiger partial charge in [0.05, 0.1) is 27.7 Å². The van der Waals surface area contributed by atoms with Crippen LogP contribution >= 0.6 is 7.82 Å². The standard InChI is InChI=1S/C69H134NO8P/c1-6-8-10-12-14-16-18-20-22-24-25-26-27-28-29-30-31-32-33-34-35-36-37-38-39-40-41-42-43-44-45-46-48-50-52-54-56-58-60-62-69(72)78-67(66-77-79(73,74)76-64-63-70(3,4)5)65-75-68(71)61-59-57-55-53-51-49-47-23-21-19-17-15-13-11-9-7-2/h18,20,24-25,67H,6-17,19,21-23,26-66H2,1-5H3/b20-18-,25-24-. The number of rotatable bonds is 65. The Balaban J connectivity index is 3.87. The molecule has 2 unspecified atom stereocenters. The van der Waals surface area contributed by atoms with Gasteiger partial charge in [0, 0.05) is 12.8 Å². The minimum atomic E-state index is -4.63. The Kier molecular flexibility index (Phi) is 59.9. The Morgan fingerprint density at radius 3 is 1.00 bits per heavy atom. The van der Waals surface area contributed by atoms with Crippen molar-refractivity contribution in [1.29, 1.82) is 0 Å². The maximum absolute atomic E-state index is 12.8. The van der Waals surface area contributed by atoms with Crippen LogP contribution in [-0.4, -0.2) is 70.0 Å². The van der Waals surface area contributed by atoms with Crippen molar-refractivity contribution < 1.29 is 42.1 Å². The number of phosphoric acid groups is 1. The fraction of sp³-hybridized carbons (Fsp3) is 0.913. The Bertz CT molecular complexity index is 1380. The van der Waals surface area contributed by atoms with Crippen molar-refractivity contribution >= 4 is 19.8 Å². The predicted octanol–water partition coefficient (Wildman–Crippen LogP) is 21.5. The zero-order valence-electron chi connectivity index (χ0n) is 53.4. The number of allylic oxidation sites excluding steroid dienone is 4. The van der Waals surface area contributed by atoms with Gasteiger partial charge >= 0.3 is 11.9 Å². The monoisotopic (exact) mass is 1140 g/mol. The summed E-state index contributed by atoms with van der Waals surface area (Å²) in [6, 6.07) is 0. The van der Waals surface area contributed by atoms with Gasteiger partial charge in [-0.1, -0.05) is 321 Å². The molecule has 0 rings (SSSR count). The number of carbonyl (C=O) groups is 2. The summed E-state index contributed by atoms with van der Waals surface area (Å²) in [4.78, 5) is 37.9. The second-order valence-corrected chi connectivity index (χ2v) is 26.3. The van der Waals surface area contributed by atoms with Crippen LogP contribution in [0.4, 0.5) is 0 Å². The van der Waals surface area contributed by atoms with Gasteiger partial charge < -0.3 is 27.9 Å². The summed E-state index contributed by atoms with van der Waals surface area (Å²) in [6.07, 6.45) is 75.6. The van der Waals surface area contributed by atoms with E-state index in [1.807, 2.05) is 21.1 Å². The molecule has 2 atom stereocenters. The summed E-state index contributed by atoms with van der Waals surface area (Å²) < 4.78 is 34.2. The summed E-state index contributed by atoms with van der Waals surface area (Å²) in [5.41, 5.74) is 0. The Labute approximate surface area is 491 Å². The van der Waals surface area contributed by atoms with Crippen LogP contribution in [-0.2, 0) is 32.7 Å². The van der Waals surface area contributed by atoms with Crippen LogP contribution in [0.5, 0.6) is 0 Å². The molecule has 9 nitrogen and oxygen atoms in total. The third-order valence-corrected chi connectivity index (χ3v) is 16.7. The van der Waals surface area contributed by atoms with Crippen LogP contribution in [0.1, 0.15) is 354 Å². The number of quaternary nitrogens is 1. The molecule has 0 fully saturated rings. The van der Waals surface area contributed by atoms with Crippen molar-refractivity contribution in [1.82, 2.24) is 0 Å². The van der Waals surface area contributed by atoms with E-state index in [0.29, 0.717) is 17.4 Å². The molecule has 0 spiro atoms. The summed E-state index contributed by atoms with van der Waals surface area (Å²) in [5.74, 6) is -0.810. The maximum Gasteiger partial charge on any atom is 0.306 e. The molecule has 79 heavy (non-hydrogen) atoms. The number of carbonyl (C=O) groups excluding carboxylic acids is 2. The van der Waals surface area contributed by atoms with Gasteiger partial charge in [-0.25, -0.2) is 0 Å². The van der Waals surface area contributed by atoms with Crippen LogP contribution < -0.4 is 4.89 Å². The molecule has 0 aliphatic heterocycles. The average Bonchev–Trinajstić information content (AvgIpc) is 3.41. The second-order valence-electron chi connectivity index (χ2n) is 24.9. The molecule has 0 saturated heterocycles. The van der Waals surface area contributed by atoms with Crippen LogP contribution in [0.3, 0.4) is 0 Å². The highest BCUT2D eigenvalue weighted by Gasteiger charge is 2.22. The molecular formula is C69H134NO8P. The third kappa shape index (κ3) is 65.5. The zero-order valence-corrected chi connectivity index (χ0v) is 54.2. The van der Waals surface area contributed by atoms with E-state index in [2.05, 4.69) is 38.2 Å². The van der Waals surface area contributed by atoms with Gasteiger partial charge in [-0.2, -0.15) is 0 Å². The van der Waals surface area contributed by atoms with E-state index in [0.717, 1.165) is 38.5 Å². The van der Waals surface area contributed by atoms with Crippen molar-refractivity contribution in [2.75, 3.05) is 47.5 Å². The second kappa shape index (κ2) is 61.1. The highest BCUT2D eigenvalue weighted by atomic mass is 31.2. The van der Waals surface area contributed by atoms with Crippen molar-refractivity contribution in [3.05, 3.63) is 24.3 Å². The van der Waals surface area contributed by atoms with Gasteiger partial charge in [-0.05, 0) is 44.9 Å². The summed E-state index contributed by atoms with van der Waals surface area (Å²) in [6.45, 7) is 4.29. The summed E-state index contributed by atoms with van der Waals surface area (Å²) in [5, 5.41) is 0. The normalized spacial score (nSPS) is 13.2. The molecule has 0 amide bonds. The molecule has 0 bridgehead atoms. The molecule has 0 aromatic heterocycles. The van der Waals surface area contributed by atoms with Gasteiger partial charge in [0.15, 0.2) is 6.10 Å². The topological polar surface area (TPSA) is 111 Å². The first kappa shape index (κ1) is 77.5. The third-order valence-electron chi connectivity index (χ3n) is 15.7. The van der Waals surface area contributed by atoms with Crippen molar-refractivity contribution in [3.63, 3.8) is 0 Å². The van der Waals surface area contributed by atoms with Crippen molar-refractivity contribution in [2.45, 2.75) is 360 Å². The largest absolute Gasteiger partial charge is 0.756 e. The highest BCUT2D eigenvalue weighted by Crippen LogP contribution is 2.38. The lowest BCUT2D eigenvalue weighted by molar-refractivity contribution is -0.870. The Hall–Kier alpha value is -1.51. The van der Waals surface area contributed by atoms with Crippen LogP contribution in [0.2, 0.25) is 0 Å². The van der Waals surface area contributed by atoms with E-state index in [-0.39, 0.29) is 32.0 Å². The number of ether oxygens (including phenoxy) is 2. The summed E-state index contributed by atoms with van der Waals surface area (Å²) in [7, 11) is 1.19. The quantitative estimate of drug-likeness (QED) is 0.0195. The Morgan fingerprint density at radius 2 is 0.684 bits per heavy atom. The molecular weight excluding hydrogens is 1000 g/mol. The van der Waals surface area contributed by atoms with Gasteiger partial charge in [-0.15, -0.1) is 0 Å². The first-order valence-electron chi connectivity index (χ1n) is 34.5. The predicted molar refractivity (Wildman–Crippen MR) is 338 cm³/mol.